The van der Waals surface area contributed by atoms with Gasteiger partial charge in [-0.25, -0.2) is 0 Å². The maximum absolute atomic E-state index is 11.7. The van der Waals surface area contributed by atoms with Gasteiger partial charge in [-0.1, -0.05) is 50.3 Å². The molecule has 0 heterocycles. The Hall–Kier alpha value is -0.820. The molecule has 0 aliphatic heterocycles. The van der Waals surface area contributed by atoms with E-state index in [1.165, 1.54) is 31.3 Å². The molecule has 10 heteroatoms. The third-order valence-electron chi connectivity index (χ3n) is 10.0. The summed E-state index contributed by atoms with van der Waals surface area (Å²) in [7, 11) is -4.84. The van der Waals surface area contributed by atoms with E-state index in [0.717, 1.165) is 43.3 Å². The Balaban J connectivity index is 1.63. The first-order chi connectivity index (χ1) is 21.1. The minimum atomic E-state index is -2.42. The first-order valence-electron chi connectivity index (χ1n) is 16.8. The van der Waals surface area contributed by atoms with Gasteiger partial charge in [-0.2, -0.15) is 0 Å². The van der Waals surface area contributed by atoms with Crippen LogP contribution in [0.15, 0.2) is 47.6 Å². The van der Waals surface area contributed by atoms with E-state index in [1.807, 2.05) is 0 Å². The van der Waals surface area contributed by atoms with Crippen molar-refractivity contribution >= 4 is 16.5 Å². The van der Waals surface area contributed by atoms with E-state index in [1.54, 1.807) is 13.8 Å². The van der Waals surface area contributed by atoms with Crippen LogP contribution >= 0.6 is 16.5 Å². The molecule has 44 heavy (non-hydrogen) atoms. The summed E-state index contributed by atoms with van der Waals surface area (Å²) in [6.07, 6.45) is 18.2. The highest BCUT2D eigenvalue weighted by molar-refractivity contribution is 7.33. The molecule has 8 atom stereocenters. The van der Waals surface area contributed by atoms with Crippen LogP contribution in [0, 0.1) is 29.1 Å². The standard InChI is InChI=1S/C34H58O8P2/c1-6-39-43(37)41-21-9-11-27(12-10-22-42-44(38)40-7-2)15-14-25(3)31-18-19-32-28(13-8-20-34(31,32)5)16-17-29-23-30(35)24-33(36)26(29)4/h14-17,25,27,30-33,35-36,43-44H,4,6-13,18-24H2,1-3,5H3/b15-14+,28-16+,29-17-/t25-,30-,31-,32?,33+,34-/m1/s1. The monoisotopic (exact) mass is 656 g/mol. The van der Waals surface area contributed by atoms with Crippen molar-refractivity contribution in [3.63, 3.8) is 0 Å². The van der Waals surface area contributed by atoms with Crippen molar-refractivity contribution in [1.29, 1.82) is 0 Å². The van der Waals surface area contributed by atoms with E-state index in [-0.39, 0.29) is 5.41 Å². The summed E-state index contributed by atoms with van der Waals surface area (Å²) in [5, 5.41) is 20.4. The topological polar surface area (TPSA) is 112 Å². The summed E-state index contributed by atoms with van der Waals surface area (Å²) < 4.78 is 44.3. The van der Waals surface area contributed by atoms with Crippen LogP contribution in [0.3, 0.4) is 0 Å². The normalized spacial score (nSPS) is 32.3. The zero-order valence-electron chi connectivity index (χ0n) is 27.4. The van der Waals surface area contributed by atoms with Gasteiger partial charge < -0.3 is 28.3 Å². The van der Waals surface area contributed by atoms with Crippen LogP contribution < -0.4 is 0 Å². The lowest BCUT2D eigenvalue weighted by Crippen LogP contribution is -2.35. The third kappa shape index (κ3) is 11.2. The second-order valence-corrected chi connectivity index (χ2v) is 15.2. The summed E-state index contributed by atoms with van der Waals surface area (Å²) in [6, 6.07) is 0. The molecule has 252 valence electrons. The van der Waals surface area contributed by atoms with Crippen molar-refractivity contribution in [3.8, 4) is 0 Å². The van der Waals surface area contributed by atoms with Gasteiger partial charge in [0.1, 0.15) is 0 Å². The van der Waals surface area contributed by atoms with Crippen molar-refractivity contribution in [2.45, 2.75) is 111 Å². The minimum absolute atomic E-state index is 0.240. The second-order valence-electron chi connectivity index (χ2n) is 13.0. The molecule has 0 aromatic carbocycles. The van der Waals surface area contributed by atoms with E-state index in [0.29, 0.717) is 62.9 Å². The molecule has 3 unspecified atom stereocenters. The summed E-state index contributed by atoms with van der Waals surface area (Å²) in [4.78, 5) is 0. The lowest BCUT2D eigenvalue weighted by Gasteiger charge is -2.44. The van der Waals surface area contributed by atoms with Crippen LogP contribution in [-0.2, 0) is 27.2 Å². The maximum Gasteiger partial charge on any atom is 0.319 e. The molecule has 3 rings (SSSR count). The highest BCUT2D eigenvalue weighted by Crippen LogP contribution is 2.59. The van der Waals surface area contributed by atoms with Gasteiger partial charge in [0.2, 0.25) is 0 Å². The van der Waals surface area contributed by atoms with Crippen LogP contribution in [-0.4, -0.2) is 48.8 Å². The molecule has 3 saturated carbocycles. The molecule has 0 amide bonds. The fraction of sp³-hybridized carbons (Fsp3) is 0.765. The van der Waals surface area contributed by atoms with Crippen LogP contribution in [0.1, 0.15) is 98.3 Å². The molecule has 3 aliphatic carbocycles. The van der Waals surface area contributed by atoms with Gasteiger partial charge in [0.05, 0.1) is 38.6 Å². The van der Waals surface area contributed by atoms with Crippen LogP contribution in [0.25, 0.3) is 0 Å². The molecule has 3 fully saturated rings. The number of aliphatic hydroxyl groups excluding tert-OH is 2. The first-order valence-corrected chi connectivity index (χ1v) is 19.3. The number of hydrogen-bond acceptors (Lipinski definition) is 8. The molecular weight excluding hydrogens is 598 g/mol. The first kappa shape index (κ1) is 37.6. The summed E-state index contributed by atoms with van der Waals surface area (Å²) in [6.45, 7) is 14.1. The maximum atomic E-state index is 11.7. The molecule has 0 aromatic heterocycles. The minimum Gasteiger partial charge on any atom is -0.393 e. The molecular formula is C34H58O8P2. The van der Waals surface area contributed by atoms with E-state index >= 15 is 0 Å². The number of aliphatic hydroxyl groups is 2. The summed E-state index contributed by atoms with van der Waals surface area (Å²) >= 11 is 0. The summed E-state index contributed by atoms with van der Waals surface area (Å²) in [5.41, 5.74) is 3.46. The number of rotatable bonds is 18. The lowest BCUT2D eigenvalue weighted by atomic mass is 9.61. The van der Waals surface area contributed by atoms with Gasteiger partial charge in [-0.3, -0.25) is 9.13 Å². The Morgan fingerprint density at radius 3 is 2.23 bits per heavy atom. The van der Waals surface area contributed by atoms with Crippen LogP contribution in [0.5, 0.6) is 0 Å². The molecule has 8 nitrogen and oxygen atoms in total. The van der Waals surface area contributed by atoms with Gasteiger partial charge in [0.25, 0.3) is 0 Å². The van der Waals surface area contributed by atoms with Crippen molar-refractivity contribution in [2.24, 2.45) is 29.1 Å². The van der Waals surface area contributed by atoms with Crippen molar-refractivity contribution in [2.75, 3.05) is 26.4 Å². The molecule has 2 N–H and O–H groups in total. The molecule has 0 radical (unpaired) electrons. The van der Waals surface area contributed by atoms with Crippen molar-refractivity contribution in [1.82, 2.24) is 0 Å². The van der Waals surface area contributed by atoms with Gasteiger partial charge in [0.15, 0.2) is 0 Å². The van der Waals surface area contributed by atoms with Gasteiger partial charge in [0, 0.05) is 6.42 Å². The number of fused-ring (bicyclic) bond motifs is 1. The quantitative estimate of drug-likeness (QED) is 0.0860. The average molecular weight is 657 g/mol. The predicted octanol–water partition coefficient (Wildman–Crippen LogP) is 8.38. The molecule has 0 bridgehead atoms. The Kier molecular flexibility index (Phi) is 16.3. The van der Waals surface area contributed by atoms with Gasteiger partial charge in [-0.05, 0) is 118 Å². The molecule has 0 aromatic rings. The Morgan fingerprint density at radius 2 is 1.61 bits per heavy atom. The molecule has 0 spiro atoms. The Morgan fingerprint density at radius 1 is 0.977 bits per heavy atom. The zero-order valence-corrected chi connectivity index (χ0v) is 29.4. The predicted molar refractivity (Wildman–Crippen MR) is 178 cm³/mol. The van der Waals surface area contributed by atoms with E-state index in [9.17, 15) is 19.3 Å². The fourth-order valence-corrected chi connectivity index (χ4v) is 8.99. The van der Waals surface area contributed by atoms with Crippen LogP contribution in [0.2, 0.25) is 0 Å². The Labute approximate surface area is 267 Å². The zero-order chi connectivity index (χ0) is 32.1. The molecule has 0 saturated heterocycles. The van der Waals surface area contributed by atoms with E-state index in [4.69, 9.17) is 18.1 Å². The average Bonchev–Trinajstić information content (AvgIpc) is 3.34. The summed E-state index contributed by atoms with van der Waals surface area (Å²) in [5.74, 6) is 1.90. The Bertz CT molecular complexity index is 1030. The highest BCUT2D eigenvalue weighted by Gasteiger charge is 2.50. The van der Waals surface area contributed by atoms with Gasteiger partial charge >= 0.3 is 16.5 Å². The van der Waals surface area contributed by atoms with Gasteiger partial charge in [-0.15, -0.1) is 0 Å². The number of allylic oxidation sites excluding steroid dienone is 5. The largest absolute Gasteiger partial charge is 0.393 e. The van der Waals surface area contributed by atoms with Crippen molar-refractivity contribution < 1.29 is 37.4 Å². The molecule has 3 aliphatic rings. The van der Waals surface area contributed by atoms with Crippen LogP contribution in [0.4, 0.5) is 0 Å². The lowest BCUT2D eigenvalue weighted by molar-refractivity contribution is 0.0862. The fourth-order valence-electron chi connectivity index (χ4n) is 7.73. The van der Waals surface area contributed by atoms with E-state index < -0.39 is 28.7 Å². The highest BCUT2D eigenvalue weighted by atomic mass is 31.1. The SMILES string of the molecule is C=C1/C(=C\C=C2/CCC[C@@]3(C)C2CC[C@@H]3[C@H](C)/C=C/C(CCCO[PH](=O)OCC)CCCO[PH](=O)OCC)C[C@@H](O)C[C@@H]1O. The van der Waals surface area contributed by atoms with Crippen molar-refractivity contribution in [3.05, 3.63) is 47.6 Å². The second kappa shape index (κ2) is 19.1. The van der Waals surface area contributed by atoms with E-state index in [2.05, 4.69) is 44.7 Å². The third-order valence-corrected chi connectivity index (χ3v) is 12.0. The smallest absolute Gasteiger partial charge is 0.319 e. The number of hydrogen-bond donors (Lipinski definition) is 2.